The van der Waals surface area contributed by atoms with Crippen LogP contribution >= 0.6 is 0 Å². The maximum Gasteiger partial charge on any atom is 0.332 e. The van der Waals surface area contributed by atoms with Gasteiger partial charge in [-0.2, -0.15) is 0 Å². The number of para-hydroxylation sites is 3. The van der Waals surface area contributed by atoms with E-state index in [1.165, 1.54) is 88.4 Å². The molecule has 0 saturated heterocycles. The lowest BCUT2D eigenvalue weighted by Gasteiger charge is -2.36. The largest absolute Gasteiger partial charge is 0.454 e. The van der Waals surface area contributed by atoms with Crippen molar-refractivity contribution < 1.29 is 4.42 Å². The normalized spacial score (nSPS) is 15.2. The second kappa shape index (κ2) is 6.74. The highest BCUT2D eigenvalue weighted by molar-refractivity contribution is 6.89. The van der Waals surface area contributed by atoms with Crippen LogP contribution in [0, 0.1) is 6.92 Å². The first-order valence-corrected chi connectivity index (χ1v) is 14.9. The molecule has 0 spiro atoms. The summed E-state index contributed by atoms with van der Waals surface area (Å²) in [7, 11) is 0. The summed E-state index contributed by atoms with van der Waals surface area (Å²) in [5.41, 5.74) is 19.2. The summed E-state index contributed by atoms with van der Waals surface area (Å²) >= 11 is 0. The Labute approximate surface area is 242 Å². The molecule has 0 radical (unpaired) electrons. The summed E-state index contributed by atoms with van der Waals surface area (Å²) in [5, 5.41) is 3.72. The highest BCUT2D eigenvalue weighted by atomic mass is 16.3. The first kappa shape index (κ1) is 21.7. The molecule has 0 atom stereocenters. The van der Waals surface area contributed by atoms with E-state index in [1.54, 1.807) is 0 Å². The minimum atomic E-state index is -0.123. The van der Waals surface area contributed by atoms with Gasteiger partial charge < -0.3 is 13.5 Å². The van der Waals surface area contributed by atoms with E-state index in [2.05, 4.69) is 127 Å². The van der Waals surface area contributed by atoms with Crippen LogP contribution in [0.1, 0.15) is 30.7 Å². The van der Waals surface area contributed by atoms with E-state index in [4.69, 9.17) is 4.42 Å². The predicted octanol–water partition coefficient (Wildman–Crippen LogP) is 8.05. The second-order valence-corrected chi connectivity index (χ2v) is 13.0. The Morgan fingerprint density at radius 2 is 1.45 bits per heavy atom. The van der Waals surface area contributed by atoms with Gasteiger partial charge in [-0.25, -0.2) is 0 Å². The van der Waals surface area contributed by atoms with Gasteiger partial charge in [-0.3, -0.25) is 0 Å². The second-order valence-electron chi connectivity index (χ2n) is 13.0. The van der Waals surface area contributed by atoms with Crippen molar-refractivity contribution in [3.05, 3.63) is 114 Å². The summed E-state index contributed by atoms with van der Waals surface area (Å²) in [5.74, 6) is 0. The summed E-state index contributed by atoms with van der Waals surface area (Å²) in [4.78, 5) is 0. The van der Waals surface area contributed by atoms with Crippen LogP contribution in [0.3, 0.4) is 0 Å². The average molecular weight is 536 g/mol. The Balaban J connectivity index is 1.40. The monoisotopic (exact) mass is 536 g/mol. The van der Waals surface area contributed by atoms with Crippen molar-refractivity contribution in [2.45, 2.75) is 26.2 Å². The highest BCUT2D eigenvalue weighted by Gasteiger charge is 2.48. The number of aryl methyl sites for hydroxylation is 1. The molecule has 0 unspecified atom stereocenters. The Morgan fingerprint density at radius 1 is 0.690 bits per heavy atom. The van der Waals surface area contributed by atoms with Gasteiger partial charge >= 0.3 is 6.85 Å². The lowest BCUT2D eigenvalue weighted by Crippen LogP contribution is -2.56. The molecule has 11 rings (SSSR count). The molecule has 42 heavy (non-hydrogen) atoms. The summed E-state index contributed by atoms with van der Waals surface area (Å²) < 4.78 is 11.9. The van der Waals surface area contributed by atoms with Gasteiger partial charge in [-0.05, 0) is 64.4 Å². The van der Waals surface area contributed by atoms with Gasteiger partial charge in [0.15, 0.2) is 5.58 Å². The van der Waals surface area contributed by atoms with Crippen LogP contribution < -0.4 is 10.9 Å². The molecule has 3 aromatic heterocycles. The number of aromatic nitrogens is 2. The van der Waals surface area contributed by atoms with Crippen LogP contribution in [0.2, 0.25) is 0 Å². The van der Waals surface area contributed by atoms with Crippen molar-refractivity contribution >= 4 is 61.6 Å². The third kappa shape index (κ3) is 2.16. The molecule has 0 amide bonds. The first-order chi connectivity index (χ1) is 20.5. The quantitative estimate of drug-likeness (QED) is 0.180. The van der Waals surface area contributed by atoms with Gasteiger partial charge in [-0.1, -0.05) is 86.6 Å². The Hall–Kier alpha value is -4.96. The predicted molar refractivity (Wildman–Crippen MR) is 174 cm³/mol. The molecule has 0 bridgehead atoms. The molecule has 196 valence electrons. The molecule has 5 aromatic carbocycles. The summed E-state index contributed by atoms with van der Waals surface area (Å²) in [6.45, 7) is 7.14. The van der Waals surface area contributed by atoms with E-state index in [0.29, 0.717) is 0 Å². The van der Waals surface area contributed by atoms with Crippen LogP contribution in [0.4, 0.5) is 0 Å². The van der Waals surface area contributed by atoms with Crippen LogP contribution in [-0.2, 0) is 5.41 Å². The van der Waals surface area contributed by atoms with Gasteiger partial charge in [-0.15, -0.1) is 0 Å². The number of furan rings is 1. The topological polar surface area (TPSA) is 23.0 Å². The molecular formula is C38H25BN2O. The zero-order valence-corrected chi connectivity index (χ0v) is 23.6. The maximum absolute atomic E-state index is 6.62. The third-order valence-corrected chi connectivity index (χ3v) is 10.5. The molecule has 4 heteroatoms. The summed E-state index contributed by atoms with van der Waals surface area (Å²) in [6, 6.07) is 36.1. The van der Waals surface area contributed by atoms with Gasteiger partial charge in [0.25, 0.3) is 0 Å². The molecule has 1 aliphatic carbocycles. The van der Waals surface area contributed by atoms with Crippen LogP contribution in [0.25, 0.3) is 71.8 Å². The Morgan fingerprint density at radius 3 is 2.38 bits per heavy atom. The smallest absolute Gasteiger partial charge is 0.332 e. The third-order valence-electron chi connectivity index (χ3n) is 10.5. The zero-order valence-electron chi connectivity index (χ0n) is 23.6. The van der Waals surface area contributed by atoms with Crippen LogP contribution in [0.15, 0.2) is 101 Å². The number of fused-ring (bicyclic) bond motifs is 14. The van der Waals surface area contributed by atoms with E-state index in [-0.39, 0.29) is 12.3 Å². The first-order valence-electron chi connectivity index (χ1n) is 14.9. The van der Waals surface area contributed by atoms with Crippen LogP contribution in [-0.4, -0.2) is 15.9 Å². The molecule has 5 heterocycles. The zero-order chi connectivity index (χ0) is 27.6. The standard InChI is InChI=1S/C38H25BN2O/c1-20-18-26-21-12-8-13-24-31-22-10-4-6-15-27(22)38(2,3)37(31)41(33(21)24)39-28-16-9-14-25-34(28)40(29(19-20)32(26)39)35-23-11-5-7-17-30(23)42-36(25)35/h4-19H,1-3H3. The average Bonchev–Trinajstić information content (AvgIpc) is 3.71. The molecular weight excluding hydrogens is 511 g/mol. The SMILES string of the molecule is Cc1cc2c3c(c1)-n1c4c(cccc4c4oc5ccccc5c41)B3n1c3c(c4cccc-2c41)-c1ccccc1C3(C)C. The molecule has 2 aliphatic heterocycles. The molecule has 3 aliphatic rings. The number of nitrogens with zero attached hydrogens (tertiary/aromatic N) is 2. The number of hydrogen-bond donors (Lipinski definition) is 0. The lowest BCUT2D eigenvalue weighted by molar-refractivity contribution is 0.632. The van der Waals surface area contributed by atoms with E-state index < -0.39 is 0 Å². The van der Waals surface area contributed by atoms with Crippen molar-refractivity contribution in [1.29, 1.82) is 0 Å². The summed E-state index contributed by atoms with van der Waals surface area (Å²) in [6.07, 6.45) is 0. The van der Waals surface area contributed by atoms with Crippen molar-refractivity contribution in [3.63, 3.8) is 0 Å². The van der Waals surface area contributed by atoms with Gasteiger partial charge in [0.1, 0.15) is 11.1 Å². The Bertz CT molecular complexity index is 2570. The van der Waals surface area contributed by atoms with Crippen LogP contribution in [0.5, 0.6) is 0 Å². The highest BCUT2D eigenvalue weighted by Crippen LogP contribution is 2.55. The fourth-order valence-electron chi connectivity index (χ4n) is 9.00. The molecule has 0 saturated carbocycles. The van der Waals surface area contributed by atoms with E-state index in [9.17, 15) is 0 Å². The molecule has 8 aromatic rings. The van der Waals surface area contributed by atoms with Crippen molar-refractivity contribution in [2.75, 3.05) is 0 Å². The fraction of sp³-hybridized carbons (Fsp3) is 0.105. The number of benzene rings is 5. The van der Waals surface area contributed by atoms with E-state index in [0.717, 1.165) is 11.2 Å². The van der Waals surface area contributed by atoms with Crippen molar-refractivity contribution in [3.8, 4) is 27.9 Å². The lowest BCUT2D eigenvalue weighted by atomic mass is 9.45. The van der Waals surface area contributed by atoms with Crippen molar-refractivity contribution in [2.24, 2.45) is 0 Å². The number of hydrogen-bond acceptors (Lipinski definition) is 1. The van der Waals surface area contributed by atoms with E-state index >= 15 is 0 Å². The van der Waals surface area contributed by atoms with Crippen molar-refractivity contribution in [1.82, 2.24) is 9.05 Å². The molecule has 0 N–H and O–H groups in total. The van der Waals surface area contributed by atoms with Gasteiger partial charge in [0.05, 0.1) is 5.52 Å². The Kier molecular flexibility index (Phi) is 3.49. The van der Waals surface area contributed by atoms with E-state index in [1.807, 2.05) is 0 Å². The fourth-order valence-corrected chi connectivity index (χ4v) is 9.00. The molecule has 0 fully saturated rings. The maximum atomic E-state index is 6.62. The number of rotatable bonds is 0. The minimum Gasteiger partial charge on any atom is -0.454 e. The minimum absolute atomic E-state index is 0.0757. The van der Waals surface area contributed by atoms with Gasteiger partial charge in [0.2, 0.25) is 0 Å². The van der Waals surface area contributed by atoms with Gasteiger partial charge in [0, 0.05) is 49.6 Å². The molecule has 3 nitrogen and oxygen atoms in total.